The maximum atomic E-state index is 6.19. The molecule has 1 aliphatic heterocycles. The first-order chi connectivity index (χ1) is 10.6. The number of aromatic nitrogens is 2. The second-order valence-corrected chi connectivity index (χ2v) is 6.40. The second kappa shape index (κ2) is 6.53. The monoisotopic (exact) mass is 316 g/mol. The van der Waals surface area contributed by atoms with E-state index in [-0.39, 0.29) is 0 Å². The molecule has 1 saturated heterocycles. The fourth-order valence-electron chi connectivity index (χ4n) is 2.85. The lowest BCUT2D eigenvalue weighted by molar-refractivity contribution is 0.444. The minimum absolute atomic E-state index is 0.598. The molecule has 4 nitrogen and oxygen atoms in total. The first-order valence-corrected chi connectivity index (χ1v) is 8.12. The Morgan fingerprint density at radius 3 is 2.86 bits per heavy atom. The minimum atomic E-state index is 0.598. The number of aryl methyl sites for hydroxylation is 1. The molecule has 1 aromatic heterocycles. The molecule has 5 heteroatoms. The molecule has 1 fully saturated rings. The molecule has 0 aliphatic carbocycles. The third-order valence-corrected chi connectivity index (χ3v) is 4.27. The Hall–Kier alpha value is -1.81. The van der Waals surface area contributed by atoms with Gasteiger partial charge in [-0.3, -0.25) is 0 Å². The highest BCUT2D eigenvalue weighted by atomic mass is 35.5. The summed E-state index contributed by atoms with van der Waals surface area (Å²) in [6.07, 6.45) is 2.52. The van der Waals surface area contributed by atoms with Gasteiger partial charge in [-0.25, -0.2) is 4.98 Å². The normalized spacial score (nSPS) is 18.3. The fourth-order valence-corrected chi connectivity index (χ4v) is 3.03. The van der Waals surface area contributed by atoms with Gasteiger partial charge in [-0.15, -0.1) is 0 Å². The smallest absolute Gasteiger partial charge is 0.229 e. The lowest BCUT2D eigenvalue weighted by Crippen LogP contribution is -2.35. The van der Waals surface area contributed by atoms with Gasteiger partial charge >= 0.3 is 0 Å². The van der Waals surface area contributed by atoms with Crippen LogP contribution in [-0.4, -0.2) is 23.1 Å². The number of halogens is 1. The third kappa shape index (κ3) is 3.50. The molecule has 1 aromatic carbocycles. The summed E-state index contributed by atoms with van der Waals surface area (Å²) < 4.78 is 0. The molecule has 0 bridgehead atoms. The molecule has 1 aliphatic rings. The molecule has 0 amide bonds. The van der Waals surface area contributed by atoms with Crippen molar-refractivity contribution in [1.82, 2.24) is 9.97 Å². The zero-order valence-electron chi connectivity index (χ0n) is 13.0. The van der Waals surface area contributed by atoms with E-state index in [2.05, 4.69) is 33.2 Å². The number of nitrogens with one attached hydrogen (secondary N) is 1. The predicted molar refractivity (Wildman–Crippen MR) is 92.1 cm³/mol. The Balaban J connectivity index is 1.85. The van der Waals surface area contributed by atoms with Gasteiger partial charge in [0, 0.05) is 24.8 Å². The van der Waals surface area contributed by atoms with Crippen LogP contribution in [0, 0.1) is 12.8 Å². The predicted octanol–water partition coefficient (Wildman–Crippen LogP) is 4.42. The summed E-state index contributed by atoms with van der Waals surface area (Å²) in [5.74, 6) is 2.30. The fraction of sp³-hybridized carbons (Fsp3) is 0.412. The van der Waals surface area contributed by atoms with Crippen LogP contribution in [0.3, 0.4) is 0 Å². The molecule has 1 N–H and O–H groups in total. The van der Waals surface area contributed by atoms with Crippen molar-refractivity contribution in [2.24, 2.45) is 5.92 Å². The second-order valence-electron chi connectivity index (χ2n) is 5.99. The van der Waals surface area contributed by atoms with E-state index in [1.807, 2.05) is 31.2 Å². The SMILES string of the molecule is Cc1cc(N2CCCC(C)C2)nc(Nc2ccccc2Cl)n1. The quantitative estimate of drug-likeness (QED) is 0.910. The van der Waals surface area contributed by atoms with Crippen LogP contribution in [0.2, 0.25) is 5.02 Å². The number of rotatable bonds is 3. The van der Waals surface area contributed by atoms with Crippen LogP contribution in [0.15, 0.2) is 30.3 Å². The maximum Gasteiger partial charge on any atom is 0.229 e. The van der Waals surface area contributed by atoms with E-state index in [0.717, 1.165) is 30.3 Å². The molecule has 2 heterocycles. The highest BCUT2D eigenvalue weighted by Gasteiger charge is 2.18. The van der Waals surface area contributed by atoms with E-state index in [1.54, 1.807) is 0 Å². The molecule has 3 rings (SSSR count). The summed E-state index contributed by atoms with van der Waals surface area (Å²) in [7, 11) is 0. The van der Waals surface area contributed by atoms with Gasteiger partial charge in [-0.2, -0.15) is 4.98 Å². The van der Waals surface area contributed by atoms with Crippen LogP contribution in [0.1, 0.15) is 25.5 Å². The largest absolute Gasteiger partial charge is 0.356 e. The Morgan fingerprint density at radius 1 is 1.27 bits per heavy atom. The Bertz CT molecular complexity index is 659. The van der Waals surface area contributed by atoms with Crippen LogP contribution >= 0.6 is 11.6 Å². The molecule has 0 radical (unpaired) electrons. The number of nitrogens with zero attached hydrogens (tertiary/aromatic N) is 3. The van der Waals surface area contributed by atoms with E-state index in [9.17, 15) is 0 Å². The van der Waals surface area contributed by atoms with Gasteiger partial charge in [0.15, 0.2) is 0 Å². The average Bonchev–Trinajstić information content (AvgIpc) is 2.49. The lowest BCUT2D eigenvalue weighted by Gasteiger charge is -2.32. The molecule has 1 unspecified atom stereocenters. The molecule has 0 saturated carbocycles. The van der Waals surface area contributed by atoms with Gasteiger partial charge in [0.1, 0.15) is 5.82 Å². The van der Waals surface area contributed by atoms with Crippen molar-refractivity contribution in [3.63, 3.8) is 0 Å². The lowest BCUT2D eigenvalue weighted by atomic mass is 10.0. The van der Waals surface area contributed by atoms with Crippen LogP contribution in [0.25, 0.3) is 0 Å². The highest BCUT2D eigenvalue weighted by molar-refractivity contribution is 6.33. The molecule has 0 spiro atoms. The van der Waals surface area contributed by atoms with Gasteiger partial charge in [0.05, 0.1) is 10.7 Å². The Kier molecular flexibility index (Phi) is 4.48. The van der Waals surface area contributed by atoms with Crippen molar-refractivity contribution in [1.29, 1.82) is 0 Å². The maximum absolute atomic E-state index is 6.19. The van der Waals surface area contributed by atoms with E-state index < -0.39 is 0 Å². The third-order valence-electron chi connectivity index (χ3n) is 3.94. The first kappa shape index (κ1) is 15.1. The topological polar surface area (TPSA) is 41.1 Å². The van der Waals surface area contributed by atoms with Crippen LogP contribution in [0.4, 0.5) is 17.5 Å². The number of benzene rings is 1. The Morgan fingerprint density at radius 2 is 2.09 bits per heavy atom. The summed E-state index contributed by atoms with van der Waals surface area (Å²) in [6.45, 7) is 6.41. The zero-order valence-corrected chi connectivity index (χ0v) is 13.8. The van der Waals surface area contributed by atoms with E-state index in [4.69, 9.17) is 11.6 Å². The first-order valence-electron chi connectivity index (χ1n) is 7.74. The number of hydrogen-bond acceptors (Lipinski definition) is 4. The number of anilines is 3. The van der Waals surface area contributed by atoms with Crippen molar-refractivity contribution in [2.75, 3.05) is 23.3 Å². The van der Waals surface area contributed by atoms with E-state index in [0.29, 0.717) is 16.9 Å². The van der Waals surface area contributed by atoms with Crippen LogP contribution < -0.4 is 10.2 Å². The summed E-state index contributed by atoms with van der Waals surface area (Å²) in [4.78, 5) is 11.5. The highest BCUT2D eigenvalue weighted by Crippen LogP contribution is 2.26. The van der Waals surface area contributed by atoms with Gasteiger partial charge in [-0.05, 0) is 37.8 Å². The van der Waals surface area contributed by atoms with Crippen LogP contribution in [-0.2, 0) is 0 Å². The average molecular weight is 317 g/mol. The van der Waals surface area contributed by atoms with Gasteiger partial charge in [0.2, 0.25) is 5.95 Å². The molecule has 22 heavy (non-hydrogen) atoms. The van der Waals surface area contributed by atoms with Gasteiger partial charge in [0.25, 0.3) is 0 Å². The van der Waals surface area contributed by atoms with E-state index in [1.165, 1.54) is 12.8 Å². The molecule has 2 aromatic rings. The van der Waals surface area contributed by atoms with Crippen molar-refractivity contribution in [3.05, 3.63) is 41.0 Å². The van der Waals surface area contributed by atoms with Gasteiger partial charge in [-0.1, -0.05) is 30.7 Å². The summed E-state index contributed by atoms with van der Waals surface area (Å²) >= 11 is 6.19. The van der Waals surface area contributed by atoms with Crippen LogP contribution in [0.5, 0.6) is 0 Å². The molecule has 116 valence electrons. The van der Waals surface area contributed by atoms with Crippen molar-refractivity contribution in [2.45, 2.75) is 26.7 Å². The van der Waals surface area contributed by atoms with Crippen molar-refractivity contribution < 1.29 is 0 Å². The van der Waals surface area contributed by atoms with E-state index >= 15 is 0 Å². The number of hydrogen-bond donors (Lipinski definition) is 1. The molecular formula is C17H21ClN4. The number of para-hydroxylation sites is 1. The molecular weight excluding hydrogens is 296 g/mol. The standard InChI is InChI=1S/C17H21ClN4/c1-12-6-5-9-22(11-12)16-10-13(2)19-17(21-16)20-15-8-4-3-7-14(15)18/h3-4,7-8,10,12H,5-6,9,11H2,1-2H3,(H,19,20,21). The molecule has 1 atom stereocenters. The van der Waals surface area contributed by atoms with Crippen molar-refractivity contribution in [3.8, 4) is 0 Å². The van der Waals surface area contributed by atoms with Gasteiger partial charge < -0.3 is 10.2 Å². The Labute approximate surface area is 136 Å². The number of piperidine rings is 1. The minimum Gasteiger partial charge on any atom is -0.356 e. The summed E-state index contributed by atoms with van der Waals surface area (Å²) in [5, 5.41) is 3.89. The zero-order chi connectivity index (χ0) is 15.5. The summed E-state index contributed by atoms with van der Waals surface area (Å²) in [5.41, 5.74) is 1.78. The van der Waals surface area contributed by atoms with Crippen molar-refractivity contribution >= 4 is 29.1 Å². The summed E-state index contributed by atoms with van der Waals surface area (Å²) in [6, 6.07) is 9.68.